The molecule has 0 atom stereocenters. The third kappa shape index (κ3) is 2.82. The molecule has 2 heterocycles. The third-order valence-corrected chi connectivity index (χ3v) is 2.22. The largest absolute Gasteiger partial charge is 0.477 e. The smallest absolute Gasteiger partial charge is 0.354 e. The normalized spacial score (nSPS) is 10.3. The third-order valence-electron chi connectivity index (χ3n) is 2.22. The number of aryl methyl sites for hydroxylation is 1. The van der Waals surface area contributed by atoms with E-state index in [-0.39, 0.29) is 11.6 Å². The van der Waals surface area contributed by atoms with Crippen LogP contribution >= 0.6 is 0 Å². The summed E-state index contributed by atoms with van der Waals surface area (Å²) in [7, 11) is 0. The van der Waals surface area contributed by atoms with Gasteiger partial charge in [0.15, 0.2) is 5.69 Å². The molecule has 0 aliphatic heterocycles. The lowest BCUT2D eigenvalue weighted by Crippen LogP contribution is -2.07. The Labute approximate surface area is 103 Å². The van der Waals surface area contributed by atoms with Crippen LogP contribution in [0.4, 0.5) is 5.95 Å². The van der Waals surface area contributed by atoms with Gasteiger partial charge in [-0.1, -0.05) is 6.92 Å². The van der Waals surface area contributed by atoms with Crippen molar-refractivity contribution in [2.45, 2.75) is 19.9 Å². The van der Waals surface area contributed by atoms with Gasteiger partial charge in [0.25, 0.3) is 0 Å². The molecule has 2 rings (SSSR count). The number of aromatic nitrogens is 3. The zero-order valence-electron chi connectivity index (χ0n) is 9.75. The van der Waals surface area contributed by atoms with Gasteiger partial charge in [-0.2, -0.15) is 0 Å². The maximum Gasteiger partial charge on any atom is 0.354 e. The number of anilines is 1. The first-order valence-electron chi connectivity index (χ1n) is 5.43. The van der Waals surface area contributed by atoms with Gasteiger partial charge in [0.1, 0.15) is 5.76 Å². The van der Waals surface area contributed by atoms with Crippen LogP contribution in [-0.4, -0.2) is 26.0 Å². The van der Waals surface area contributed by atoms with E-state index in [1.807, 2.05) is 6.92 Å². The Kier molecular flexibility index (Phi) is 3.52. The van der Waals surface area contributed by atoms with Crippen LogP contribution in [0.5, 0.6) is 0 Å². The molecule has 2 aromatic heterocycles. The van der Waals surface area contributed by atoms with E-state index in [4.69, 9.17) is 9.52 Å². The van der Waals surface area contributed by atoms with Crippen molar-refractivity contribution in [2.75, 3.05) is 5.32 Å². The number of carboxylic acids is 1. The Balaban J connectivity index is 2.01. The molecule has 94 valence electrons. The van der Waals surface area contributed by atoms with Crippen LogP contribution < -0.4 is 5.32 Å². The Morgan fingerprint density at radius 1 is 1.50 bits per heavy atom. The highest BCUT2D eigenvalue weighted by Crippen LogP contribution is 2.07. The van der Waals surface area contributed by atoms with Gasteiger partial charge in [0, 0.05) is 12.6 Å². The molecule has 0 amide bonds. The molecule has 0 bridgehead atoms. The average molecular weight is 248 g/mol. The number of rotatable bonds is 5. The Morgan fingerprint density at radius 2 is 2.33 bits per heavy atom. The van der Waals surface area contributed by atoms with Crippen molar-refractivity contribution in [1.82, 2.24) is 15.0 Å². The molecule has 0 fully saturated rings. The number of nitrogens with one attached hydrogen (secondary N) is 1. The fourth-order valence-corrected chi connectivity index (χ4v) is 1.31. The molecule has 0 radical (unpaired) electrons. The van der Waals surface area contributed by atoms with E-state index in [1.54, 1.807) is 6.20 Å². The number of hydrogen-bond donors (Lipinski definition) is 2. The molecule has 0 saturated carbocycles. The number of aromatic carboxylic acids is 1. The maximum atomic E-state index is 10.7. The first kappa shape index (κ1) is 12.0. The molecule has 0 saturated heterocycles. The molecular weight excluding hydrogens is 236 g/mol. The summed E-state index contributed by atoms with van der Waals surface area (Å²) >= 11 is 0. The minimum Gasteiger partial charge on any atom is -0.477 e. The Bertz CT molecular complexity index is 553. The number of carbonyl (C=O) groups is 1. The molecule has 0 aromatic carbocycles. The Hall–Kier alpha value is -2.44. The van der Waals surface area contributed by atoms with Gasteiger partial charge in [0.2, 0.25) is 11.8 Å². The van der Waals surface area contributed by atoms with E-state index >= 15 is 0 Å². The topological polar surface area (TPSA) is 101 Å². The summed E-state index contributed by atoms with van der Waals surface area (Å²) in [4.78, 5) is 22.5. The second-order valence-corrected chi connectivity index (χ2v) is 3.50. The molecule has 2 N–H and O–H groups in total. The van der Waals surface area contributed by atoms with E-state index in [9.17, 15) is 4.79 Å². The number of carboxylic acid groups (broad SMARTS) is 1. The summed E-state index contributed by atoms with van der Waals surface area (Å²) < 4.78 is 5.39. The summed E-state index contributed by atoms with van der Waals surface area (Å²) in [6, 6.07) is 1.33. The second-order valence-electron chi connectivity index (χ2n) is 3.50. The van der Waals surface area contributed by atoms with Gasteiger partial charge >= 0.3 is 5.97 Å². The summed E-state index contributed by atoms with van der Waals surface area (Å²) in [6.07, 6.45) is 3.81. The maximum absolute atomic E-state index is 10.7. The molecular formula is C11H12N4O3. The van der Waals surface area contributed by atoms with Crippen molar-refractivity contribution < 1.29 is 14.3 Å². The summed E-state index contributed by atoms with van der Waals surface area (Å²) in [5.74, 6) is 0.444. The fourth-order valence-electron chi connectivity index (χ4n) is 1.31. The summed E-state index contributed by atoms with van der Waals surface area (Å²) in [5, 5.41) is 11.6. The predicted octanol–water partition coefficient (Wildman–Crippen LogP) is 1.34. The van der Waals surface area contributed by atoms with E-state index in [0.29, 0.717) is 12.4 Å². The zero-order valence-corrected chi connectivity index (χ0v) is 9.75. The summed E-state index contributed by atoms with van der Waals surface area (Å²) in [5.41, 5.74) is -0.0610. The van der Waals surface area contributed by atoms with E-state index in [2.05, 4.69) is 20.3 Å². The quantitative estimate of drug-likeness (QED) is 0.823. The molecule has 2 aromatic rings. The van der Waals surface area contributed by atoms with E-state index in [0.717, 1.165) is 12.2 Å². The van der Waals surface area contributed by atoms with Gasteiger partial charge in [-0.05, 0) is 6.07 Å². The molecule has 0 aliphatic rings. The number of hydrogen-bond acceptors (Lipinski definition) is 6. The van der Waals surface area contributed by atoms with E-state index in [1.165, 1.54) is 12.3 Å². The number of nitrogens with zero attached hydrogens (tertiary/aromatic N) is 3. The van der Waals surface area contributed by atoms with Crippen molar-refractivity contribution in [3.05, 3.63) is 35.8 Å². The molecule has 7 nitrogen and oxygen atoms in total. The van der Waals surface area contributed by atoms with Crippen LogP contribution in [-0.2, 0) is 13.0 Å². The Morgan fingerprint density at radius 3 is 3.00 bits per heavy atom. The highest BCUT2D eigenvalue weighted by molar-refractivity contribution is 5.85. The van der Waals surface area contributed by atoms with Gasteiger partial charge in [0.05, 0.1) is 12.7 Å². The van der Waals surface area contributed by atoms with Crippen molar-refractivity contribution in [2.24, 2.45) is 0 Å². The van der Waals surface area contributed by atoms with Gasteiger partial charge < -0.3 is 14.8 Å². The van der Waals surface area contributed by atoms with Crippen LogP contribution in [0.1, 0.15) is 29.1 Å². The fraction of sp³-hybridized carbons (Fsp3) is 0.273. The van der Waals surface area contributed by atoms with Crippen LogP contribution in [0.2, 0.25) is 0 Å². The predicted molar refractivity (Wildman–Crippen MR) is 62.2 cm³/mol. The minimum absolute atomic E-state index is 0.0610. The lowest BCUT2D eigenvalue weighted by Gasteiger charge is -2.02. The molecule has 18 heavy (non-hydrogen) atoms. The molecule has 0 spiro atoms. The number of oxazole rings is 1. The molecule has 0 unspecified atom stereocenters. The SMILES string of the molecule is CCc1cnc(CNc2nccc(C(=O)O)n2)o1. The minimum atomic E-state index is -1.09. The first-order valence-corrected chi connectivity index (χ1v) is 5.43. The van der Waals surface area contributed by atoms with Crippen LogP contribution in [0.15, 0.2) is 22.9 Å². The molecule has 0 aliphatic carbocycles. The summed E-state index contributed by atoms with van der Waals surface area (Å²) in [6.45, 7) is 2.28. The van der Waals surface area contributed by atoms with Crippen molar-refractivity contribution >= 4 is 11.9 Å². The lowest BCUT2D eigenvalue weighted by atomic mass is 10.4. The highest BCUT2D eigenvalue weighted by Gasteiger charge is 2.07. The second kappa shape index (κ2) is 5.26. The highest BCUT2D eigenvalue weighted by atomic mass is 16.4. The average Bonchev–Trinajstić information content (AvgIpc) is 2.84. The van der Waals surface area contributed by atoms with Gasteiger partial charge in [-0.15, -0.1) is 0 Å². The van der Waals surface area contributed by atoms with Crippen LogP contribution in [0, 0.1) is 0 Å². The molecule has 7 heteroatoms. The standard InChI is InChI=1S/C11H12N4O3/c1-2-7-5-13-9(18-7)6-14-11-12-4-3-8(15-11)10(16)17/h3-5H,2,6H2,1H3,(H,16,17)(H,12,14,15). The van der Waals surface area contributed by atoms with Crippen LogP contribution in [0.3, 0.4) is 0 Å². The monoisotopic (exact) mass is 248 g/mol. The van der Waals surface area contributed by atoms with Crippen molar-refractivity contribution in [1.29, 1.82) is 0 Å². The van der Waals surface area contributed by atoms with Crippen LogP contribution in [0.25, 0.3) is 0 Å². The van der Waals surface area contributed by atoms with Gasteiger partial charge in [-0.25, -0.2) is 19.7 Å². The first-order chi connectivity index (χ1) is 8.69. The van der Waals surface area contributed by atoms with Gasteiger partial charge in [-0.3, -0.25) is 0 Å². The lowest BCUT2D eigenvalue weighted by molar-refractivity contribution is 0.0690. The van der Waals surface area contributed by atoms with E-state index < -0.39 is 5.97 Å². The van der Waals surface area contributed by atoms with Crippen molar-refractivity contribution in [3.8, 4) is 0 Å². The zero-order chi connectivity index (χ0) is 13.0. The van der Waals surface area contributed by atoms with Crippen molar-refractivity contribution in [3.63, 3.8) is 0 Å².